The molecule has 0 fully saturated rings. The predicted molar refractivity (Wildman–Crippen MR) is 115 cm³/mol. The molecule has 6 heteroatoms. The lowest BCUT2D eigenvalue weighted by atomic mass is 9.95. The van der Waals surface area contributed by atoms with Crippen molar-refractivity contribution < 1.29 is 0 Å². The molecule has 2 N–H and O–H groups in total. The third-order valence-corrected chi connectivity index (χ3v) is 5.53. The van der Waals surface area contributed by atoms with E-state index in [1.54, 1.807) is 11.3 Å². The fraction of sp³-hybridized carbons (Fsp3) is 0.227. The van der Waals surface area contributed by atoms with Crippen LogP contribution in [0.1, 0.15) is 28.7 Å². The van der Waals surface area contributed by atoms with Gasteiger partial charge in [-0.15, -0.1) is 11.3 Å². The summed E-state index contributed by atoms with van der Waals surface area (Å²) in [5.74, 6) is 0.800. The molecule has 28 heavy (non-hydrogen) atoms. The van der Waals surface area contributed by atoms with Gasteiger partial charge in [-0.2, -0.15) is 5.26 Å². The highest BCUT2D eigenvalue weighted by Gasteiger charge is 2.12. The van der Waals surface area contributed by atoms with E-state index < -0.39 is 0 Å². The minimum Gasteiger partial charge on any atom is -0.356 e. The van der Waals surface area contributed by atoms with Crippen molar-refractivity contribution in [3.8, 4) is 17.3 Å². The monoisotopic (exact) mass is 387 g/mol. The minimum atomic E-state index is 0.698. The van der Waals surface area contributed by atoms with Crippen LogP contribution in [0.4, 0.5) is 5.13 Å². The van der Waals surface area contributed by atoms with Crippen LogP contribution < -0.4 is 10.6 Å². The maximum Gasteiger partial charge on any atom is 0.197 e. The number of anilines is 1. The Balaban J connectivity index is 1.58. The molecule has 1 aliphatic rings. The van der Waals surface area contributed by atoms with Crippen LogP contribution in [0.5, 0.6) is 0 Å². The molecule has 3 aromatic rings. The minimum absolute atomic E-state index is 0.698. The number of guanidine groups is 1. The second-order valence-electron chi connectivity index (χ2n) is 6.76. The van der Waals surface area contributed by atoms with E-state index in [0.717, 1.165) is 53.8 Å². The molecular formula is C22H21N5S. The third kappa shape index (κ3) is 4.05. The number of nitrogens with one attached hydrogen (secondary N) is 2. The van der Waals surface area contributed by atoms with Gasteiger partial charge in [0.1, 0.15) is 0 Å². The molecule has 0 atom stereocenters. The molecule has 0 spiro atoms. The summed E-state index contributed by atoms with van der Waals surface area (Å²) in [5, 5.41) is 18.5. The van der Waals surface area contributed by atoms with E-state index in [1.165, 1.54) is 11.1 Å². The van der Waals surface area contributed by atoms with Crippen molar-refractivity contribution in [3.63, 3.8) is 0 Å². The van der Waals surface area contributed by atoms with Gasteiger partial charge in [0.25, 0.3) is 0 Å². The lowest BCUT2D eigenvalue weighted by Gasteiger charge is -2.14. The molecule has 0 aliphatic carbocycles. The fourth-order valence-corrected chi connectivity index (χ4v) is 3.98. The summed E-state index contributed by atoms with van der Waals surface area (Å²) in [6.45, 7) is 3.85. The molecular weight excluding hydrogens is 366 g/mol. The summed E-state index contributed by atoms with van der Waals surface area (Å²) in [6, 6.07) is 16.4. The number of hydrogen-bond donors (Lipinski definition) is 2. The molecule has 0 amide bonds. The van der Waals surface area contributed by atoms with Gasteiger partial charge in [-0.3, -0.25) is 4.99 Å². The van der Waals surface area contributed by atoms with Crippen molar-refractivity contribution in [2.24, 2.45) is 4.99 Å². The largest absolute Gasteiger partial charge is 0.356 e. The second kappa shape index (κ2) is 8.24. The Labute approximate surface area is 168 Å². The molecule has 4 rings (SSSR count). The predicted octanol–water partition coefficient (Wildman–Crippen LogP) is 4.34. The van der Waals surface area contributed by atoms with Crippen LogP contribution in [0.15, 0.2) is 52.8 Å². The SMILES string of the molecule is Cc1cc(C#N)ccc1Cc1ccccc1-c1csc(NC2=NCCCN2)n1. The average Bonchev–Trinajstić information content (AvgIpc) is 3.19. The first-order valence-corrected chi connectivity index (χ1v) is 10.2. The lowest BCUT2D eigenvalue weighted by molar-refractivity contribution is 0.740. The molecule has 140 valence electrons. The van der Waals surface area contributed by atoms with Gasteiger partial charge in [-0.25, -0.2) is 4.98 Å². The third-order valence-electron chi connectivity index (χ3n) is 4.77. The summed E-state index contributed by atoms with van der Waals surface area (Å²) in [4.78, 5) is 9.21. The Morgan fingerprint density at radius 3 is 2.89 bits per heavy atom. The van der Waals surface area contributed by atoms with Gasteiger partial charge < -0.3 is 10.6 Å². The zero-order chi connectivity index (χ0) is 19.3. The lowest BCUT2D eigenvalue weighted by Crippen LogP contribution is -2.35. The zero-order valence-electron chi connectivity index (χ0n) is 15.7. The number of aliphatic imine (C=N–C) groups is 1. The van der Waals surface area contributed by atoms with Gasteiger partial charge in [-0.05, 0) is 48.6 Å². The van der Waals surface area contributed by atoms with Crippen LogP contribution in [0.2, 0.25) is 0 Å². The Bertz CT molecular complexity index is 1060. The first kappa shape index (κ1) is 18.2. The number of thiazole rings is 1. The van der Waals surface area contributed by atoms with Gasteiger partial charge >= 0.3 is 0 Å². The van der Waals surface area contributed by atoms with E-state index in [9.17, 15) is 0 Å². The second-order valence-corrected chi connectivity index (χ2v) is 7.62. The van der Waals surface area contributed by atoms with E-state index in [0.29, 0.717) is 5.56 Å². The van der Waals surface area contributed by atoms with E-state index in [2.05, 4.69) is 52.2 Å². The number of aryl methyl sites for hydroxylation is 1. The van der Waals surface area contributed by atoms with E-state index >= 15 is 0 Å². The van der Waals surface area contributed by atoms with Crippen LogP contribution >= 0.6 is 11.3 Å². The molecule has 0 saturated carbocycles. The molecule has 5 nitrogen and oxygen atoms in total. The van der Waals surface area contributed by atoms with Gasteiger partial charge in [0, 0.05) is 24.0 Å². The maximum absolute atomic E-state index is 9.08. The molecule has 0 radical (unpaired) electrons. The molecule has 1 aliphatic heterocycles. The molecule has 0 unspecified atom stereocenters. The number of aromatic nitrogens is 1. The smallest absolute Gasteiger partial charge is 0.197 e. The number of hydrogen-bond acceptors (Lipinski definition) is 6. The molecule has 2 heterocycles. The van der Waals surface area contributed by atoms with E-state index in [4.69, 9.17) is 10.2 Å². The Hall–Kier alpha value is -3.17. The first-order valence-electron chi connectivity index (χ1n) is 9.32. The van der Waals surface area contributed by atoms with Crippen molar-refractivity contribution in [2.75, 3.05) is 18.4 Å². The van der Waals surface area contributed by atoms with E-state index in [-0.39, 0.29) is 0 Å². The highest BCUT2D eigenvalue weighted by atomic mass is 32.1. The summed E-state index contributed by atoms with van der Waals surface area (Å²) in [7, 11) is 0. The summed E-state index contributed by atoms with van der Waals surface area (Å²) in [6.07, 6.45) is 1.87. The number of nitrogens with zero attached hydrogens (tertiary/aromatic N) is 3. The first-order chi connectivity index (χ1) is 13.7. The van der Waals surface area contributed by atoms with Gasteiger partial charge in [0.2, 0.25) is 0 Å². The quantitative estimate of drug-likeness (QED) is 0.698. The highest BCUT2D eigenvalue weighted by molar-refractivity contribution is 7.14. The van der Waals surface area contributed by atoms with Crippen molar-refractivity contribution in [1.82, 2.24) is 10.3 Å². The van der Waals surface area contributed by atoms with Crippen molar-refractivity contribution in [1.29, 1.82) is 5.26 Å². The van der Waals surface area contributed by atoms with Crippen molar-refractivity contribution in [3.05, 3.63) is 70.1 Å². The summed E-state index contributed by atoms with van der Waals surface area (Å²) >= 11 is 1.58. The average molecular weight is 388 g/mol. The highest BCUT2D eigenvalue weighted by Crippen LogP contribution is 2.29. The van der Waals surface area contributed by atoms with Crippen LogP contribution in [-0.4, -0.2) is 24.0 Å². The number of nitriles is 1. The molecule has 0 saturated heterocycles. The molecule has 0 bridgehead atoms. The van der Waals surface area contributed by atoms with Gasteiger partial charge in [-0.1, -0.05) is 30.3 Å². The Morgan fingerprint density at radius 1 is 1.21 bits per heavy atom. The van der Waals surface area contributed by atoms with Crippen molar-refractivity contribution in [2.45, 2.75) is 19.8 Å². The number of rotatable bonds is 4. The van der Waals surface area contributed by atoms with Gasteiger partial charge in [0.15, 0.2) is 11.1 Å². The van der Waals surface area contributed by atoms with Crippen LogP contribution in [-0.2, 0) is 6.42 Å². The van der Waals surface area contributed by atoms with Crippen LogP contribution in [0, 0.1) is 18.3 Å². The van der Waals surface area contributed by atoms with E-state index in [1.807, 2.05) is 24.3 Å². The summed E-state index contributed by atoms with van der Waals surface area (Å²) in [5.41, 5.74) is 6.38. The summed E-state index contributed by atoms with van der Waals surface area (Å²) < 4.78 is 0. The Morgan fingerprint density at radius 2 is 2.11 bits per heavy atom. The topological polar surface area (TPSA) is 73.1 Å². The standard InChI is InChI=1S/C22H21N5S/c1-15-11-16(13-23)7-8-17(15)12-18-5-2-3-6-19(18)20-14-28-22(26-20)27-21-24-9-4-10-25-21/h2-3,5-8,11,14H,4,9-10,12H2,1H3,(H2,24,25,26,27). The zero-order valence-corrected chi connectivity index (χ0v) is 16.5. The molecule has 2 aromatic carbocycles. The van der Waals surface area contributed by atoms with Crippen LogP contribution in [0.25, 0.3) is 11.3 Å². The van der Waals surface area contributed by atoms with Crippen molar-refractivity contribution >= 4 is 22.4 Å². The van der Waals surface area contributed by atoms with Gasteiger partial charge in [0.05, 0.1) is 17.3 Å². The number of benzene rings is 2. The van der Waals surface area contributed by atoms with Crippen LogP contribution in [0.3, 0.4) is 0 Å². The Kier molecular flexibility index (Phi) is 5.36. The fourth-order valence-electron chi connectivity index (χ4n) is 3.27. The maximum atomic E-state index is 9.08. The normalized spacial score (nSPS) is 13.4. The molecule has 1 aromatic heterocycles.